The molecule has 14 heteroatoms. The highest BCUT2D eigenvalue weighted by atomic mass is 32.2. The molecule has 0 radical (unpaired) electrons. The quantitative estimate of drug-likeness (QED) is 0.421. The Kier molecular flexibility index (Phi) is 7.19. The van der Waals surface area contributed by atoms with Gasteiger partial charge in [0, 0.05) is 32.2 Å². The van der Waals surface area contributed by atoms with E-state index in [1.54, 1.807) is 7.11 Å². The number of amides is 1. The monoisotopic (exact) mass is 544 g/mol. The molecule has 0 spiro atoms. The highest BCUT2D eigenvalue weighted by molar-refractivity contribution is 7.89. The number of primary amides is 1. The first kappa shape index (κ1) is 25.9. The summed E-state index contributed by atoms with van der Waals surface area (Å²) in [5, 5.41) is 4.20. The number of nitrogens with two attached hydrogens (primary N) is 1. The Bertz CT molecular complexity index is 1440. The van der Waals surface area contributed by atoms with Crippen LogP contribution in [0.5, 0.6) is 5.75 Å². The van der Waals surface area contributed by atoms with Gasteiger partial charge in [-0.1, -0.05) is 18.2 Å². The van der Waals surface area contributed by atoms with Crippen LogP contribution in [0.2, 0.25) is 0 Å². The molecule has 1 saturated heterocycles. The van der Waals surface area contributed by atoms with Gasteiger partial charge in [0.2, 0.25) is 5.91 Å². The molecule has 3 aromatic rings. The summed E-state index contributed by atoms with van der Waals surface area (Å²) < 4.78 is 52.1. The van der Waals surface area contributed by atoms with Crippen LogP contribution >= 0.6 is 0 Å². The number of rotatable bonds is 9. The van der Waals surface area contributed by atoms with E-state index in [9.17, 15) is 13.2 Å². The number of aromatic nitrogens is 3. The van der Waals surface area contributed by atoms with Crippen LogP contribution in [0.1, 0.15) is 36.6 Å². The van der Waals surface area contributed by atoms with Crippen molar-refractivity contribution in [1.82, 2.24) is 18.9 Å². The average Bonchev–Trinajstić information content (AvgIpc) is 3.55. The van der Waals surface area contributed by atoms with Crippen LogP contribution in [0.3, 0.4) is 0 Å². The van der Waals surface area contributed by atoms with E-state index in [2.05, 4.69) is 15.1 Å². The van der Waals surface area contributed by atoms with Gasteiger partial charge < -0.3 is 28.9 Å². The molecule has 4 heterocycles. The molecule has 0 saturated carbocycles. The fraction of sp³-hybridized carbons (Fsp3) is 0.417. The second-order valence-electron chi connectivity index (χ2n) is 8.87. The number of carbonyl (C=O) groups excluding carboxylic acids is 1. The number of hydrazone groups is 1. The van der Waals surface area contributed by atoms with Gasteiger partial charge in [0.05, 0.1) is 31.2 Å². The van der Waals surface area contributed by atoms with Crippen LogP contribution in [0.15, 0.2) is 51.3 Å². The van der Waals surface area contributed by atoms with E-state index in [1.165, 1.54) is 24.1 Å². The van der Waals surface area contributed by atoms with Gasteiger partial charge in [-0.3, -0.25) is 4.79 Å². The molecule has 1 aromatic carbocycles. The van der Waals surface area contributed by atoms with Crippen molar-refractivity contribution in [3.8, 4) is 17.5 Å². The van der Waals surface area contributed by atoms with Crippen LogP contribution in [-0.2, 0) is 31.3 Å². The third-order valence-electron chi connectivity index (χ3n) is 6.37. The van der Waals surface area contributed by atoms with Gasteiger partial charge in [0.15, 0.2) is 10.9 Å². The van der Waals surface area contributed by atoms with Gasteiger partial charge in [-0.05, 0) is 18.9 Å². The third-order valence-corrected chi connectivity index (χ3v) is 8.10. The van der Waals surface area contributed by atoms with Crippen LogP contribution in [-0.4, -0.2) is 72.0 Å². The van der Waals surface area contributed by atoms with E-state index in [4.69, 9.17) is 24.4 Å². The smallest absolute Gasteiger partial charge is 0.297 e. The summed E-state index contributed by atoms with van der Waals surface area (Å²) in [6.45, 7) is 0.530. The molecule has 1 amide bonds. The lowest BCUT2D eigenvalue weighted by molar-refractivity contribution is -0.118. The fourth-order valence-corrected chi connectivity index (χ4v) is 6.15. The van der Waals surface area contributed by atoms with Gasteiger partial charge in [0.1, 0.15) is 24.3 Å². The number of nitrogens with zero attached hydrogens (tertiary/aromatic N) is 5. The zero-order valence-electron chi connectivity index (χ0n) is 20.9. The molecule has 202 valence electrons. The van der Waals surface area contributed by atoms with Crippen LogP contribution in [0.25, 0.3) is 11.7 Å². The van der Waals surface area contributed by atoms with Crippen molar-refractivity contribution in [1.29, 1.82) is 0 Å². The van der Waals surface area contributed by atoms with E-state index in [-0.39, 0.29) is 35.0 Å². The molecule has 38 heavy (non-hydrogen) atoms. The number of imidazole rings is 1. The van der Waals surface area contributed by atoms with Gasteiger partial charge in [-0.2, -0.15) is 17.9 Å². The summed E-state index contributed by atoms with van der Waals surface area (Å²) in [7, 11) is -1.15. The maximum atomic E-state index is 13.5. The van der Waals surface area contributed by atoms with Crippen molar-refractivity contribution < 1.29 is 31.8 Å². The number of para-hydroxylation sites is 1. The average molecular weight is 545 g/mol. The first-order valence-corrected chi connectivity index (χ1v) is 13.4. The van der Waals surface area contributed by atoms with Gasteiger partial charge in [-0.25, -0.2) is 9.97 Å². The number of oxazole rings is 1. The molecule has 1 fully saturated rings. The molecule has 1 atom stereocenters. The normalized spacial score (nSPS) is 18.1. The first-order chi connectivity index (χ1) is 18.3. The van der Waals surface area contributed by atoms with E-state index in [0.717, 1.165) is 5.56 Å². The maximum absolute atomic E-state index is 13.5. The summed E-state index contributed by atoms with van der Waals surface area (Å²) in [4.78, 5) is 20.5. The summed E-state index contributed by atoms with van der Waals surface area (Å²) in [6, 6.07) is 7.45. The van der Waals surface area contributed by atoms with Crippen molar-refractivity contribution >= 4 is 21.6 Å². The molecular formula is C24H28N6O7S. The summed E-state index contributed by atoms with van der Waals surface area (Å²) in [5.41, 5.74) is 6.56. The molecule has 0 unspecified atom stereocenters. The van der Waals surface area contributed by atoms with Crippen LogP contribution in [0.4, 0.5) is 0 Å². The number of sulfonamides is 1. The van der Waals surface area contributed by atoms with Gasteiger partial charge in [-0.15, -0.1) is 0 Å². The van der Waals surface area contributed by atoms with Crippen molar-refractivity contribution in [2.45, 2.75) is 36.5 Å². The zero-order chi connectivity index (χ0) is 26.9. The zero-order valence-corrected chi connectivity index (χ0v) is 21.8. The number of carbonyl (C=O) groups is 1. The second kappa shape index (κ2) is 10.6. The van der Waals surface area contributed by atoms with Crippen LogP contribution in [0, 0.1) is 0 Å². The fourth-order valence-electron chi connectivity index (χ4n) is 4.60. The van der Waals surface area contributed by atoms with Crippen molar-refractivity contribution in [3.05, 3.63) is 48.0 Å². The second-order valence-corrected chi connectivity index (χ2v) is 10.6. The van der Waals surface area contributed by atoms with Gasteiger partial charge in [0.25, 0.3) is 15.9 Å². The molecule has 2 N–H and O–H groups in total. The predicted molar refractivity (Wildman–Crippen MR) is 134 cm³/mol. The van der Waals surface area contributed by atoms with E-state index < -0.39 is 28.6 Å². The molecular weight excluding hydrogens is 516 g/mol. The lowest BCUT2D eigenvalue weighted by atomic mass is 10.00. The van der Waals surface area contributed by atoms with E-state index in [1.807, 2.05) is 24.3 Å². The number of benzene rings is 1. The Morgan fingerprint density at radius 3 is 2.71 bits per heavy atom. The van der Waals surface area contributed by atoms with Crippen molar-refractivity contribution in [3.63, 3.8) is 0 Å². The molecule has 0 aliphatic carbocycles. The molecule has 2 aliphatic rings. The largest absolute Gasteiger partial charge is 0.496 e. The standard InChI is InChI=1S/C24H28N6O7S/c1-29-22(23-26-9-12-36-23)27-21-17(28-30(14-20(25)31)38(32,33)24(21)29)13-19(37-15-7-10-35-11-8-15)16-5-3-4-6-18(16)34-2/h3-6,9,12,15,19H,7-8,10-11,13-14H2,1-2H3,(H2,25,31)/t19-/m0/s1. The van der Waals surface area contributed by atoms with Crippen LogP contribution < -0.4 is 10.5 Å². The minimum Gasteiger partial charge on any atom is -0.496 e. The van der Waals surface area contributed by atoms with Crippen molar-refractivity contribution in [2.75, 3.05) is 26.9 Å². The summed E-state index contributed by atoms with van der Waals surface area (Å²) in [5.74, 6) is 0.0910. The lowest BCUT2D eigenvalue weighted by Gasteiger charge is -2.30. The highest BCUT2D eigenvalue weighted by Gasteiger charge is 2.41. The van der Waals surface area contributed by atoms with Gasteiger partial charge >= 0.3 is 0 Å². The molecule has 2 aliphatic heterocycles. The number of ether oxygens (including phenoxy) is 3. The maximum Gasteiger partial charge on any atom is 0.297 e. The highest BCUT2D eigenvalue weighted by Crippen LogP contribution is 2.37. The predicted octanol–water partition coefficient (Wildman–Crippen LogP) is 1.60. The summed E-state index contributed by atoms with van der Waals surface area (Å²) >= 11 is 0. The molecule has 5 rings (SSSR count). The Morgan fingerprint density at radius 2 is 2.03 bits per heavy atom. The molecule has 13 nitrogen and oxygen atoms in total. The Morgan fingerprint density at radius 1 is 1.26 bits per heavy atom. The molecule has 0 bridgehead atoms. The number of methoxy groups -OCH3 is 1. The molecule has 2 aromatic heterocycles. The SMILES string of the molecule is COc1ccccc1[C@H](CC1=NN(CC(N)=O)S(=O)(=O)c2c1nc(-c1ncco1)n2C)OC1CCOCC1. The first-order valence-electron chi connectivity index (χ1n) is 12.0. The minimum atomic E-state index is -4.26. The Balaban J connectivity index is 1.61. The number of fused-ring (bicyclic) bond motifs is 1. The number of hydrogen-bond acceptors (Lipinski definition) is 10. The number of hydrogen-bond donors (Lipinski definition) is 1. The topological polar surface area (TPSA) is 164 Å². The van der Waals surface area contributed by atoms with E-state index in [0.29, 0.717) is 41.9 Å². The Hall–Kier alpha value is -3.75. The third kappa shape index (κ3) is 4.89. The Labute approximate surface area is 219 Å². The van der Waals surface area contributed by atoms with Crippen molar-refractivity contribution in [2.24, 2.45) is 17.9 Å². The lowest BCUT2D eigenvalue weighted by Crippen LogP contribution is -2.40. The minimum absolute atomic E-state index is 0.0839. The summed E-state index contributed by atoms with van der Waals surface area (Å²) in [6.07, 6.45) is 3.71. The van der Waals surface area contributed by atoms with E-state index >= 15 is 0 Å².